The molecule has 1 atom stereocenters. The number of rotatable bonds is 7. The largest absolute Gasteiger partial charge is 0.463 e. The van der Waals surface area contributed by atoms with Crippen LogP contribution in [0.5, 0.6) is 0 Å². The molecule has 0 unspecified atom stereocenters. The molecule has 1 amide bonds. The minimum atomic E-state index is -5.54. The minimum Gasteiger partial charge on any atom is -0.463 e. The van der Waals surface area contributed by atoms with E-state index in [1.807, 2.05) is 0 Å². The number of anilines is 1. The Bertz CT molecular complexity index is 723. The fourth-order valence-corrected chi connectivity index (χ4v) is 2.36. The summed E-state index contributed by atoms with van der Waals surface area (Å²) in [6.45, 7) is 2.19. The van der Waals surface area contributed by atoms with E-state index in [1.165, 1.54) is 24.5 Å². The van der Waals surface area contributed by atoms with Gasteiger partial charge < -0.3 is 15.4 Å². The van der Waals surface area contributed by atoms with Crippen LogP contribution in [0.1, 0.15) is 32.3 Å². The molecule has 1 rings (SSSR count). The van der Waals surface area contributed by atoms with Crippen molar-refractivity contribution in [2.75, 3.05) is 11.9 Å². The number of carbonyl (C=O) groups is 2. The van der Waals surface area contributed by atoms with Crippen molar-refractivity contribution >= 4 is 29.2 Å². The average molecular weight is 435 g/mol. The molecule has 0 spiro atoms. The van der Waals surface area contributed by atoms with E-state index in [1.54, 1.807) is 0 Å². The van der Waals surface area contributed by atoms with Crippen LogP contribution < -0.4 is 10.6 Å². The SMILES string of the molecule is CCCC(=O)N[C@](Nc1ccc(Cl)cc1C(F)(F)F)(C(=O)OCC)C(F)(F)F. The molecular weight excluding hydrogens is 418 g/mol. The van der Waals surface area contributed by atoms with Crippen LogP contribution >= 0.6 is 11.6 Å². The van der Waals surface area contributed by atoms with Crippen LogP contribution in [0.2, 0.25) is 5.02 Å². The van der Waals surface area contributed by atoms with E-state index in [0.29, 0.717) is 12.1 Å². The molecule has 0 bridgehead atoms. The molecule has 0 radical (unpaired) electrons. The Labute approximate surface area is 161 Å². The van der Waals surface area contributed by atoms with Gasteiger partial charge in [-0.3, -0.25) is 4.79 Å². The van der Waals surface area contributed by atoms with Gasteiger partial charge in [0.1, 0.15) is 0 Å². The van der Waals surface area contributed by atoms with Gasteiger partial charge in [-0.25, -0.2) is 4.79 Å². The molecule has 0 saturated heterocycles. The lowest BCUT2D eigenvalue weighted by molar-refractivity contribution is -0.208. The van der Waals surface area contributed by atoms with Crippen LogP contribution in [0.3, 0.4) is 0 Å². The number of hydrogen-bond donors (Lipinski definition) is 2. The van der Waals surface area contributed by atoms with E-state index >= 15 is 0 Å². The maximum absolute atomic E-state index is 13.9. The van der Waals surface area contributed by atoms with Crippen molar-refractivity contribution in [3.8, 4) is 0 Å². The first kappa shape index (κ1) is 23.9. The molecule has 158 valence electrons. The Morgan fingerprint density at radius 3 is 2.18 bits per heavy atom. The zero-order valence-corrected chi connectivity index (χ0v) is 15.5. The van der Waals surface area contributed by atoms with E-state index in [2.05, 4.69) is 4.74 Å². The molecule has 1 aromatic rings. The molecule has 0 saturated carbocycles. The smallest absolute Gasteiger partial charge is 0.441 e. The van der Waals surface area contributed by atoms with Gasteiger partial charge in [0.05, 0.1) is 12.2 Å². The molecular formula is C16H17ClF6N2O3. The second-order valence-electron chi connectivity index (χ2n) is 5.58. The van der Waals surface area contributed by atoms with Gasteiger partial charge in [0.2, 0.25) is 5.91 Å². The first-order chi connectivity index (χ1) is 12.8. The van der Waals surface area contributed by atoms with Crippen molar-refractivity contribution in [2.45, 2.75) is 44.7 Å². The Hall–Kier alpha value is -2.17. The van der Waals surface area contributed by atoms with Crippen molar-refractivity contribution < 1.29 is 40.7 Å². The van der Waals surface area contributed by atoms with E-state index < -0.39 is 54.2 Å². The summed E-state index contributed by atoms with van der Waals surface area (Å²) in [4.78, 5) is 24.0. The third kappa shape index (κ3) is 5.43. The zero-order chi connectivity index (χ0) is 21.8. The van der Waals surface area contributed by atoms with Crippen molar-refractivity contribution in [3.63, 3.8) is 0 Å². The lowest BCUT2D eigenvalue weighted by Crippen LogP contribution is -2.69. The number of halogens is 7. The second kappa shape index (κ2) is 8.89. The predicted molar refractivity (Wildman–Crippen MR) is 88.5 cm³/mol. The van der Waals surface area contributed by atoms with Crippen molar-refractivity contribution in [2.24, 2.45) is 0 Å². The van der Waals surface area contributed by atoms with E-state index in [0.717, 1.165) is 6.07 Å². The molecule has 0 heterocycles. The van der Waals surface area contributed by atoms with Crippen LogP contribution in [0, 0.1) is 0 Å². The monoisotopic (exact) mass is 434 g/mol. The molecule has 0 aliphatic heterocycles. The molecule has 5 nitrogen and oxygen atoms in total. The van der Waals surface area contributed by atoms with E-state index in [-0.39, 0.29) is 11.4 Å². The maximum Gasteiger partial charge on any atom is 0.441 e. The number of benzene rings is 1. The summed E-state index contributed by atoms with van der Waals surface area (Å²) in [5.41, 5.74) is -6.59. The lowest BCUT2D eigenvalue weighted by Gasteiger charge is -2.36. The summed E-state index contributed by atoms with van der Waals surface area (Å²) in [7, 11) is 0. The van der Waals surface area contributed by atoms with Gasteiger partial charge >= 0.3 is 24.0 Å². The van der Waals surface area contributed by atoms with Crippen LogP contribution in [0.4, 0.5) is 32.0 Å². The number of nitrogens with one attached hydrogen (secondary N) is 2. The topological polar surface area (TPSA) is 67.4 Å². The molecule has 0 aromatic heterocycles. The zero-order valence-electron chi connectivity index (χ0n) is 14.7. The van der Waals surface area contributed by atoms with Gasteiger partial charge in [0.15, 0.2) is 0 Å². The summed E-state index contributed by atoms with van der Waals surface area (Å²) in [6.07, 6.45) is -10.9. The van der Waals surface area contributed by atoms with E-state index in [4.69, 9.17) is 11.6 Å². The summed E-state index contributed by atoms with van der Waals surface area (Å²) in [5.74, 6) is -3.21. The quantitative estimate of drug-likeness (QED) is 0.376. The Kier molecular flexibility index (Phi) is 7.58. The van der Waals surface area contributed by atoms with Gasteiger partial charge in [-0.15, -0.1) is 0 Å². The fourth-order valence-electron chi connectivity index (χ4n) is 2.19. The summed E-state index contributed by atoms with van der Waals surface area (Å²) in [5, 5.41) is 2.56. The van der Waals surface area contributed by atoms with E-state index in [9.17, 15) is 35.9 Å². The molecule has 0 aliphatic rings. The lowest BCUT2D eigenvalue weighted by atomic mass is 10.1. The van der Waals surface area contributed by atoms with Gasteiger partial charge in [-0.05, 0) is 31.5 Å². The van der Waals surface area contributed by atoms with Gasteiger partial charge in [-0.1, -0.05) is 18.5 Å². The molecule has 28 heavy (non-hydrogen) atoms. The molecule has 0 fully saturated rings. The number of ether oxygens (including phenoxy) is 1. The Morgan fingerprint density at radius 2 is 1.71 bits per heavy atom. The van der Waals surface area contributed by atoms with Crippen LogP contribution in [-0.2, 0) is 20.5 Å². The average Bonchev–Trinajstić information content (AvgIpc) is 2.54. The normalized spacial score (nSPS) is 14.2. The second-order valence-corrected chi connectivity index (χ2v) is 6.02. The summed E-state index contributed by atoms with van der Waals surface area (Å²) < 4.78 is 85.7. The third-order valence-electron chi connectivity index (χ3n) is 3.42. The highest BCUT2D eigenvalue weighted by Crippen LogP contribution is 2.40. The minimum absolute atomic E-state index is 0.136. The van der Waals surface area contributed by atoms with Crippen LogP contribution in [-0.4, -0.2) is 30.3 Å². The van der Waals surface area contributed by atoms with Crippen molar-refractivity contribution in [3.05, 3.63) is 28.8 Å². The molecule has 0 aliphatic carbocycles. The molecule has 2 N–H and O–H groups in total. The number of alkyl halides is 6. The Balaban J connectivity index is 3.60. The Morgan fingerprint density at radius 1 is 1.11 bits per heavy atom. The predicted octanol–water partition coefficient (Wildman–Crippen LogP) is 4.51. The van der Waals surface area contributed by atoms with Gasteiger partial charge in [0.25, 0.3) is 0 Å². The number of carbonyl (C=O) groups excluding carboxylic acids is 2. The number of hydrogen-bond acceptors (Lipinski definition) is 4. The first-order valence-corrected chi connectivity index (χ1v) is 8.36. The standard InChI is InChI=1S/C16H17ClF6N2O3/c1-3-5-12(26)25-14(16(21,22)23,13(27)28-4-2)24-11-7-6-9(17)8-10(11)15(18,19)20/h6-8,24H,3-5H2,1-2H3,(H,25,26)/t14-/m1/s1. The fraction of sp³-hybridized carbons (Fsp3) is 0.500. The highest BCUT2D eigenvalue weighted by Gasteiger charge is 2.64. The summed E-state index contributed by atoms with van der Waals surface area (Å²) >= 11 is 5.51. The molecule has 12 heteroatoms. The third-order valence-corrected chi connectivity index (χ3v) is 3.66. The van der Waals surface area contributed by atoms with Gasteiger partial charge in [-0.2, -0.15) is 26.3 Å². The van der Waals surface area contributed by atoms with Gasteiger partial charge in [0, 0.05) is 17.1 Å². The van der Waals surface area contributed by atoms with Crippen LogP contribution in [0.15, 0.2) is 18.2 Å². The number of esters is 1. The summed E-state index contributed by atoms with van der Waals surface area (Å²) in [6, 6.07) is 1.92. The molecule has 1 aromatic carbocycles. The van der Waals surface area contributed by atoms with Crippen molar-refractivity contribution in [1.29, 1.82) is 0 Å². The maximum atomic E-state index is 13.9. The van der Waals surface area contributed by atoms with Crippen LogP contribution in [0.25, 0.3) is 0 Å². The number of amides is 1. The highest BCUT2D eigenvalue weighted by atomic mass is 35.5. The first-order valence-electron chi connectivity index (χ1n) is 7.98. The highest BCUT2D eigenvalue weighted by molar-refractivity contribution is 6.30. The van der Waals surface area contributed by atoms with Crippen molar-refractivity contribution in [1.82, 2.24) is 5.32 Å².